The quantitative estimate of drug-likeness (QED) is 0.107. The second kappa shape index (κ2) is 24.2. The lowest BCUT2D eigenvalue weighted by molar-refractivity contribution is -0.149. The van der Waals surface area contributed by atoms with Gasteiger partial charge in [-0.15, -0.1) is 0 Å². The molecule has 0 spiro atoms. The van der Waals surface area contributed by atoms with E-state index in [1.807, 2.05) is 13.8 Å². The van der Waals surface area contributed by atoms with Gasteiger partial charge in [0.2, 0.25) is 0 Å². The molecule has 4 aromatic rings. The minimum atomic E-state index is -0.00813. The molecule has 5 nitrogen and oxygen atoms in total. The van der Waals surface area contributed by atoms with Crippen molar-refractivity contribution in [3.05, 3.63) is 144 Å². The van der Waals surface area contributed by atoms with Gasteiger partial charge in [0.25, 0.3) is 0 Å². The van der Waals surface area contributed by atoms with E-state index in [9.17, 15) is 14.4 Å². The van der Waals surface area contributed by atoms with E-state index < -0.39 is 0 Å². The second-order valence-electron chi connectivity index (χ2n) is 15.3. The molecular formula is C50H65NO4. The van der Waals surface area contributed by atoms with E-state index in [4.69, 9.17) is 4.74 Å². The maximum Gasteiger partial charge on any atom is 0.309 e. The van der Waals surface area contributed by atoms with Gasteiger partial charge < -0.3 is 4.74 Å². The molecule has 2 aliphatic carbocycles. The van der Waals surface area contributed by atoms with Crippen LogP contribution in [0.15, 0.2) is 121 Å². The number of esters is 1. The van der Waals surface area contributed by atoms with Crippen LogP contribution in [-0.4, -0.2) is 35.1 Å². The first kappa shape index (κ1) is 43.4. The topological polar surface area (TPSA) is 63.7 Å². The van der Waals surface area contributed by atoms with Crippen LogP contribution in [-0.2, 0) is 45.1 Å². The number of Topliss-reactive ketones (excluding diaryl/α,β-unsaturated/α-hetero) is 2. The van der Waals surface area contributed by atoms with Gasteiger partial charge in [0.15, 0.2) is 0 Å². The fourth-order valence-corrected chi connectivity index (χ4v) is 8.29. The Morgan fingerprint density at radius 1 is 0.600 bits per heavy atom. The molecule has 6 rings (SSSR count). The third kappa shape index (κ3) is 14.7. The molecule has 0 aliphatic heterocycles. The van der Waals surface area contributed by atoms with Gasteiger partial charge in [-0.1, -0.05) is 155 Å². The van der Waals surface area contributed by atoms with Crippen molar-refractivity contribution in [2.45, 2.75) is 117 Å². The van der Waals surface area contributed by atoms with Gasteiger partial charge >= 0.3 is 5.97 Å². The molecule has 0 N–H and O–H groups in total. The smallest absolute Gasteiger partial charge is 0.309 e. The SMILES string of the molecule is CCCC(=O)C1CC(=O)CC1CC.CCOC(=O)C1CC(N(Cc2ccccc2)Cc2ccccc2)CC1CC.c1ccc(CCCc2ccccc2)cc1. The number of nitrogens with zero attached hydrogens (tertiary/aromatic N) is 1. The fraction of sp³-hybridized carbons (Fsp3) is 0.460. The first-order chi connectivity index (χ1) is 26.8. The van der Waals surface area contributed by atoms with Crippen LogP contribution >= 0.6 is 0 Å². The molecule has 5 unspecified atom stereocenters. The van der Waals surface area contributed by atoms with Crippen molar-refractivity contribution in [3.8, 4) is 0 Å². The number of hydrogen-bond donors (Lipinski definition) is 0. The van der Waals surface area contributed by atoms with Crippen molar-refractivity contribution in [2.24, 2.45) is 23.7 Å². The molecule has 5 heteroatoms. The van der Waals surface area contributed by atoms with Crippen LogP contribution in [0, 0.1) is 23.7 Å². The molecule has 0 amide bonds. The molecule has 0 heterocycles. The van der Waals surface area contributed by atoms with Crippen LogP contribution in [0.3, 0.4) is 0 Å². The molecule has 5 atom stereocenters. The summed E-state index contributed by atoms with van der Waals surface area (Å²) in [6.07, 6.45) is 10.2. The third-order valence-corrected chi connectivity index (χ3v) is 11.3. The van der Waals surface area contributed by atoms with Gasteiger partial charge in [-0.25, -0.2) is 0 Å². The van der Waals surface area contributed by atoms with Crippen molar-refractivity contribution in [1.82, 2.24) is 4.90 Å². The first-order valence-electron chi connectivity index (χ1n) is 21.0. The summed E-state index contributed by atoms with van der Waals surface area (Å²) in [5, 5.41) is 0. The van der Waals surface area contributed by atoms with Gasteiger partial charge in [0, 0.05) is 44.3 Å². The van der Waals surface area contributed by atoms with E-state index in [1.54, 1.807) is 0 Å². The number of rotatable bonds is 16. The minimum absolute atomic E-state index is 0.00813. The van der Waals surface area contributed by atoms with Crippen LogP contribution in [0.5, 0.6) is 0 Å². The van der Waals surface area contributed by atoms with Crippen molar-refractivity contribution >= 4 is 17.5 Å². The Balaban J connectivity index is 0.000000202. The number of benzene rings is 4. The second-order valence-corrected chi connectivity index (χ2v) is 15.3. The maximum absolute atomic E-state index is 12.5. The zero-order valence-corrected chi connectivity index (χ0v) is 33.9. The molecule has 2 saturated carbocycles. The highest BCUT2D eigenvalue weighted by atomic mass is 16.5. The van der Waals surface area contributed by atoms with E-state index in [1.165, 1.54) is 41.5 Å². The van der Waals surface area contributed by atoms with Crippen LogP contribution < -0.4 is 0 Å². The van der Waals surface area contributed by atoms with Crippen molar-refractivity contribution in [1.29, 1.82) is 0 Å². The molecule has 0 bridgehead atoms. The Bertz CT molecular complexity index is 1580. The summed E-state index contributed by atoms with van der Waals surface area (Å²) in [5.74, 6) is 1.42. The normalized spacial score (nSPS) is 20.2. The number of ether oxygens (including phenoxy) is 1. The zero-order valence-electron chi connectivity index (χ0n) is 33.9. The van der Waals surface area contributed by atoms with E-state index in [2.05, 4.69) is 140 Å². The summed E-state index contributed by atoms with van der Waals surface area (Å²) in [7, 11) is 0. The summed E-state index contributed by atoms with van der Waals surface area (Å²) in [6, 6.07) is 43.0. The lowest BCUT2D eigenvalue weighted by Crippen LogP contribution is -2.33. The van der Waals surface area contributed by atoms with Gasteiger partial charge in [-0.3, -0.25) is 19.3 Å². The first-order valence-corrected chi connectivity index (χ1v) is 21.0. The van der Waals surface area contributed by atoms with Gasteiger partial charge in [0.1, 0.15) is 11.6 Å². The summed E-state index contributed by atoms with van der Waals surface area (Å²) in [4.78, 5) is 37.8. The Labute approximate surface area is 331 Å². The van der Waals surface area contributed by atoms with Crippen molar-refractivity contribution < 1.29 is 19.1 Å². The molecular weight excluding hydrogens is 679 g/mol. The molecule has 4 aromatic carbocycles. The van der Waals surface area contributed by atoms with E-state index in [-0.39, 0.29) is 23.6 Å². The molecule has 294 valence electrons. The Hall–Kier alpha value is -4.35. The predicted octanol–water partition coefficient (Wildman–Crippen LogP) is 11.3. The van der Waals surface area contributed by atoms with Crippen LogP contribution in [0.4, 0.5) is 0 Å². The molecule has 0 aromatic heterocycles. The summed E-state index contributed by atoms with van der Waals surface area (Å²) in [5.41, 5.74) is 5.52. The highest BCUT2D eigenvalue weighted by Gasteiger charge is 2.41. The largest absolute Gasteiger partial charge is 0.466 e. The molecule has 0 radical (unpaired) electrons. The maximum atomic E-state index is 12.5. The highest BCUT2D eigenvalue weighted by Crippen LogP contribution is 2.39. The van der Waals surface area contributed by atoms with E-state index >= 15 is 0 Å². The monoisotopic (exact) mass is 743 g/mol. The van der Waals surface area contributed by atoms with Crippen LogP contribution in [0.25, 0.3) is 0 Å². The molecule has 2 fully saturated rings. The van der Waals surface area contributed by atoms with Crippen LogP contribution in [0.1, 0.15) is 108 Å². The summed E-state index contributed by atoms with van der Waals surface area (Å²) < 4.78 is 5.37. The van der Waals surface area contributed by atoms with Crippen molar-refractivity contribution in [2.75, 3.05) is 6.61 Å². The average Bonchev–Trinajstić information content (AvgIpc) is 3.84. The van der Waals surface area contributed by atoms with Gasteiger partial charge in [-0.05, 0) is 79.5 Å². The Kier molecular flexibility index (Phi) is 19.1. The third-order valence-electron chi connectivity index (χ3n) is 11.3. The lowest BCUT2D eigenvalue weighted by atomic mass is 9.88. The highest BCUT2D eigenvalue weighted by molar-refractivity contribution is 5.91. The summed E-state index contributed by atoms with van der Waals surface area (Å²) >= 11 is 0. The Morgan fingerprint density at radius 2 is 1.07 bits per heavy atom. The lowest BCUT2D eigenvalue weighted by Gasteiger charge is -2.29. The number of carbonyl (C=O) groups excluding carboxylic acids is 3. The molecule has 55 heavy (non-hydrogen) atoms. The standard InChI is InChI=1S/C24H31NO2.C15H16.C11H18O2/c1-3-21-15-22(16-23(21)24(26)27-4-2)25(17-19-11-7-5-8-12-19)18-20-13-9-6-10-14-20;1-3-8-14(9-4-1)12-7-13-15-10-5-2-6-11-15;1-3-5-11(13)10-7-9(12)6-8(10)4-2/h5-14,21-23H,3-4,15-18H2,1-2H3;1-6,8-11H,7,12-13H2;8,10H,3-7H2,1-2H3. The van der Waals surface area contributed by atoms with Crippen molar-refractivity contribution in [3.63, 3.8) is 0 Å². The zero-order chi connectivity index (χ0) is 39.3. The van der Waals surface area contributed by atoms with E-state index in [0.717, 1.165) is 45.2 Å². The van der Waals surface area contributed by atoms with E-state index in [0.29, 0.717) is 49.5 Å². The van der Waals surface area contributed by atoms with Gasteiger partial charge in [-0.2, -0.15) is 0 Å². The predicted molar refractivity (Wildman–Crippen MR) is 225 cm³/mol. The number of ketones is 2. The molecule has 2 aliphatic rings. The molecule has 0 saturated heterocycles. The number of aryl methyl sites for hydroxylation is 2. The van der Waals surface area contributed by atoms with Crippen LogP contribution in [0.2, 0.25) is 0 Å². The number of hydrogen-bond acceptors (Lipinski definition) is 5. The van der Waals surface area contributed by atoms with Gasteiger partial charge in [0.05, 0.1) is 12.5 Å². The fourth-order valence-electron chi connectivity index (χ4n) is 8.29. The minimum Gasteiger partial charge on any atom is -0.466 e. The summed E-state index contributed by atoms with van der Waals surface area (Å²) in [6.45, 7) is 10.4. The number of carbonyl (C=O) groups is 3. The average molecular weight is 744 g/mol. The Morgan fingerprint density at radius 3 is 1.51 bits per heavy atom.